The Morgan fingerprint density at radius 2 is 2.24 bits per heavy atom. The van der Waals surface area contributed by atoms with Crippen LogP contribution >= 0.6 is 27.3 Å². The third kappa shape index (κ3) is 3.45. The number of carbonyl (C=O) groups excluding carboxylic acids is 1. The summed E-state index contributed by atoms with van der Waals surface area (Å²) in [5.74, 6) is -0.265. The molecule has 6 nitrogen and oxygen atoms in total. The number of nitro groups is 1. The molecule has 0 unspecified atom stereocenters. The number of benzene rings is 1. The third-order valence-electron chi connectivity index (χ3n) is 2.96. The Hall–Kier alpha value is -1.80. The molecule has 8 heteroatoms. The number of nitro benzene ring substituents is 1. The highest BCUT2D eigenvalue weighted by Gasteiger charge is 2.19. The normalized spacial score (nSPS) is 10.4. The minimum absolute atomic E-state index is 0.122. The molecule has 0 saturated heterocycles. The Morgan fingerprint density at radius 1 is 1.52 bits per heavy atom. The number of carbonyl (C=O) groups is 1. The molecular formula is C13H12BrN3O3S. The molecule has 1 heterocycles. The van der Waals surface area contributed by atoms with Gasteiger partial charge in [0.25, 0.3) is 11.6 Å². The van der Waals surface area contributed by atoms with Crippen LogP contribution in [0, 0.1) is 17.0 Å². The predicted octanol–water partition coefficient (Wildman–Crippen LogP) is 3.39. The van der Waals surface area contributed by atoms with E-state index in [0.717, 1.165) is 10.6 Å². The van der Waals surface area contributed by atoms with Crippen LogP contribution in [0.3, 0.4) is 0 Å². The molecule has 0 N–H and O–H groups in total. The van der Waals surface area contributed by atoms with Gasteiger partial charge in [-0.3, -0.25) is 14.9 Å². The van der Waals surface area contributed by atoms with Crippen molar-refractivity contribution in [3.63, 3.8) is 0 Å². The van der Waals surface area contributed by atoms with Gasteiger partial charge in [-0.05, 0) is 35.0 Å². The van der Waals surface area contributed by atoms with Gasteiger partial charge in [0.2, 0.25) is 0 Å². The van der Waals surface area contributed by atoms with Crippen LogP contribution in [0.5, 0.6) is 0 Å². The van der Waals surface area contributed by atoms with E-state index < -0.39 is 4.92 Å². The maximum Gasteiger partial charge on any atom is 0.284 e. The first-order valence-electron chi connectivity index (χ1n) is 5.98. The molecule has 0 spiro atoms. The summed E-state index contributed by atoms with van der Waals surface area (Å²) in [5.41, 5.74) is 2.78. The number of aromatic nitrogens is 1. The van der Waals surface area contributed by atoms with Crippen molar-refractivity contribution in [2.24, 2.45) is 0 Å². The van der Waals surface area contributed by atoms with Crippen LogP contribution < -0.4 is 0 Å². The fraction of sp³-hybridized carbons (Fsp3) is 0.231. The van der Waals surface area contributed by atoms with E-state index in [1.807, 2.05) is 6.92 Å². The summed E-state index contributed by atoms with van der Waals surface area (Å²) < 4.78 is 0.352. The van der Waals surface area contributed by atoms with E-state index in [1.54, 1.807) is 18.6 Å². The zero-order valence-electron chi connectivity index (χ0n) is 11.4. The molecule has 21 heavy (non-hydrogen) atoms. The number of hydrogen-bond acceptors (Lipinski definition) is 5. The molecule has 0 saturated carbocycles. The summed E-state index contributed by atoms with van der Waals surface area (Å²) in [6.07, 6.45) is 0. The Bertz CT molecular complexity index is 702. The lowest BCUT2D eigenvalue weighted by Crippen LogP contribution is -2.26. The van der Waals surface area contributed by atoms with E-state index in [-0.39, 0.29) is 17.2 Å². The summed E-state index contributed by atoms with van der Waals surface area (Å²) in [6.45, 7) is 2.31. The zero-order chi connectivity index (χ0) is 15.6. The molecular weight excluding hydrogens is 358 g/mol. The Labute approximate surface area is 133 Å². The lowest BCUT2D eigenvalue weighted by molar-refractivity contribution is -0.385. The number of rotatable bonds is 4. The van der Waals surface area contributed by atoms with Gasteiger partial charge in [-0.25, -0.2) is 4.98 Å². The Kier molecular flexibility index (Phi) is 4.69. The highest BCUT2D eigenvalue weighted by atomic mass is 79.9. The fourth-order valence-electron chi connectivity index (χ4n) is 1.77. The van der Waals surface area contributed by atoms with Crippen molar-refractivity contribution in [3.05, 3.63) is 54.4 Å². The minimum Gasteiger partial charge on any atom is -0.336 e. The smallest absolute Gasteiger partial charge is 0.284 e. The van der Waals surface area contributed by atoms with Crippen molar-refractivity contribution < 1.29 is 9.72 Å². The minimum atomic E-state index is -0.520. The first-order valence-corrected chi connectivity index (χ1v) is 7.65. The van der Waals surface area contributed by atoms with Crippen LogP contribution in [0.15, 0.2) is 28.2 Å². The van der Waals surface area contributed by atoms with Gasteiger partial charge in [0.05, 0.1) is 27.1 Å². The molecule has 1 aromatic carbocycles. The molecule has 2 rings (SSSR count). The largest absolute Gasteiger partial charge is 0.336 e. The molecule has 1 amide bonds. The van der Waals surface area contributed by atoms with Crippen LogP contribution in [-0.2, 0) is 6.54 Å². The molecule has 0 atom stereocenters. The van der Waals surface area contributed by atoms with Gasteiger partial charge < -0.3 is 4.90 Å². The second-order valence-electron chi connectivity index (χ2n) is 4.45. The number of thiazole rings is 1. The van der Waals surface area contributed by atoms with Gasteiger partial charge in [-0.1, -0.05) is 0 Å². The summed E-state index contributed by atoms with van der Waals surface area (Å²) in [7, 11) is 1.66. The van der Waals surface area contributed by atoms with E-state index in [2.05, 4.69) is 20.9 Å². The average Bonchev–Trinajstić information content (AvgIpc) is 2.83. The maximum atomic E-state index is 12.3. The number of hydrogen-bond donors (Lipinski definition) is 0. The van der Waals surface area contributed by atoms with Crippen LogP contribution in [0.1, 0.15) is 20.9 Å². The van der Waals surface area contributed by atoms with E-state index >= 15 is 0 Å². The SMILES string of the molecule is Cc1ncsc1CN(C)C(=O)c1ccc(Br)c([N+](=O)[O-])c1. The van der Waals surface area contributed by atoms with Crippen molar-refractivity contribution in [3.8, 4) is 0 Å². The molecule has 0 fully saturated rings. The molecule has 110 valence electrons. The maximum absolute atomic E-state index is 12.3. The zero-order valence-corrected chi connectivity index (χ0v) is 13.8. The molecule has 0 aliphatic rings. The number of nitrogens with zero attached hydrogens (tertiary/aromatic N) is 3. The van der Waals surface area contributed by atoms with E-state index in [9.17, 15) is 14.9 Å². The van der Waals surface area contributed by atoms with Crippen molar-refractivity contribution in [2.45, 2.75) is 13.5 Å². The van der Waals surface area contributed by atoms with Crippen LogP contribution in [-0.4, -0.2) is 27.8 Å². The lowest BCUT2D eigenvalue weighted by atomic mass is 10.2. The third-order valence-corrected chi connectivity index (χ3v) is 4.55. The summed E-state index contributed by atoms with van der Waals surface area (Å²) in [6, 6.07) is 4.36. The molecule has 1 aromatic heterocycles. The molecule has 0 bridgehead atoms. The van der Waals surface area contributed by atoms with Gasteiger partial charge in [-0.2, -0.15) is 0 Å². The van der Waals surface area contributed by atoms with Gasteiger partial charge in [-0.15, -0.1) is 11.3 Å². The van der Waals surface area contributed by atoms with E-state index in [1.165, 1.54) is 28.4 Å². The van der Waals surface area contributed by atoms with Crippen molar-refractivity contribution >= 4 is 38.9 Å². The van der Waals surface area contributed by atoms with Crippen molar-refractivity contribution in [1.82, 2.24) is 9.88 Å². The fourth-order valence-corrected chi connectivity index (χ4v) is 2.99. The second-order valence-corrected chi connectivity index (χ2v) is 6.24. The highest BCUT2D eigenvalue weighted by Crippen LogP contribution is 2.26. The number of aryl methyl sites for hydroxylation is 1. The second kappa shape index (κ2) is 6.31. The van der Waals surface area contributed by atoms with Gasteiger partial charge >= 0.3 is 0 Å². The summed E-state index contributed by atoms with van der Waals surface area (Å²) in [5, 5.41) is 10.9. The van der Waals surface area contributed by atoms with E-state index in [0.29, 0.717) is 11.0 Å². The first-order chi connectivity index (χ1) is 9.90. The highest BCUT2D eigenvalue weighted by molar-refractivity contribution is 9.10. The first kappa shape index (κ1) is 15.6. The predicted molar refractivity (Wildman–Crippen MR) is 83.4 cm³/mol. The monoisotopic (exact) mass is 369 g/mol. The van der Waals surface area contributed by atoms with Gasteiger partial charge in [0.15, 0.2) is 0 Å². The Morgan fingerprint density at radius 3 is 2.81 bits per heavy atom. The summed E-state index contributed by atoms with van der Waals surface area (Å²) >= 11 is 4.58. The van der Waals surface area contributed by atoms with Crippen LogP contribution in [0.4, 0.5) is 5.69 Å². The van der Waals surface area contributed by atoms with Gasteiger partial charge in [0.1, 0.15) is 0 Å². The lowest BCUT2D eigenvalue weighted by Gasteiger charge is -2.16. The quantitative estimate of drug-likeness (QED) is 0.611. The van der Waals surface area contributed by atoms with Crippen molar-refractivity contribution in [1.29, 1.82) is 0 Å². The molecule has 0 aliphatic heterocycles. The van der Waals surface area contributed by atoms with E-state index in [4.69, 9.17) is 0 Å². The van der Waals surface area contributed by atoms with Crippen molar-refractivity contribution in [2.75, 3.05) is 7.05 Å². The standard InChI is InChI=1S/C13H12BrN3O3S/c1-8-12(21-7-15-8)6-16(2)13(18)9-3-4-10(14)11(5-9)17(19)20/h3-5,7H,6H2,1-2H3. The molecule has 0 radical (unpaired) electrons. The molecule has 0 aliphatic carbocycles. The average molecular weight is 370 g/mol. The Balaban J connectivity index is 2.21. The van der Waals surface area contributed by atoms with Crippen LogP contribution in [0.25, 0.3) is 0 Å². The summed E-state index contributed by atoms with van der Waals surface area (Å²) in [4.78, 5) is 29.4. The van der Waals surface area contributed by atoms with Gasteiger partial charge in [0, 0.05) is 23.6 Å². The molecule has 2 aromatic rings. The van der Waals surface area contributed by atoms with Crippen LogP contribution in [0.2, 0.25) is 0 Å². The topological polar surface area (TPSA) is 76.3 Å². The number of halogens is 1. The number of amides is 1.